The second kappa shape index (κ2) is 9.76. The quantitative estimate of drug-likeness (QED) is 0.256. The van der Waals surface area contributed by atoms with Crippen molar-refractivity contribution >= 4 is 34.1 Å². The van der Waals surface area contributed by atoms with E-state index in [1.54, 1.807) is 35.0 Å². The van der Waals surface area contributed by atoms with Crippen molar-refractivity contribution in [2.24, 2.45) is 0 Å². The van der Waals surface area contributed by atoms with Crippen LogP contribution in [0.2, 0.25) is 0 Å². The summed E-state index contributed by atoms with van der Waals surface area (Å²) in [5.41, 5.74) is 3.80. The first-order valence-corrected chi connectivity index (χ1v) is 11.9. The van der Waals surface area contributed by atoms with Gasteiger partial charge in [0.25, 0.3) is 5.91 Å². The molecule has 0 atom stereocenters. The number of anilines is 1. The fourth-order valence-electron chi connectivity index (χ4n) is 3.17. The zero-order valence-corrected chi connectivity index (χ0v) is 19.0. The molecule has 5 rings (SSSR count). The molecule has 0 bridgehead atoms. The van der Waals surface area contributed by atoms with E-state index in [0.29, 0.717) is 16.4 Å². The van der Waals surface area contributed by atoms with Gasteiger partial charge >= 0.3 is 0 Å². The van der Waals surface area contributed by atoms with Crippen LogP contribution < -0.4 is 5.32 Å². The smallest absolute Gasteiger partial charge is 0.261 e. The Bertz CT molecular complexity index is 1350. The molecule has 0 radical (unpaired) electrons. The second-order valence-corrected chi connectivity index (χ2v) is 9.21. The highest BCUT2D eigenvalue weighted by molar-refractivity contribution is 8.00. The standard InChI is InChI=1S/C24H18N6OS2/c31-22(26-23-27-28-24(33-23)32-16-17-8-3-1-4-9-17)20-15-30(19-11-5-2-6-12-19)29-21(20)18-10-7-13-25-14-18/h1-15H,16H2,(H,26,27,31). The lowest BCUT2D eigenvalue weighted by molar-refractivity contribution is 0.102. The number of hydrogen-bond acceptors (Lipinski definition) is 7. The van der Waals surface area contributed by atoms with Gasteiger partial charge in [-0.05, 0) is 29.8 Å². The van der Waals surface area contributed by atoms with Crippen molar-refractivity contribution in [2.45, 2.75) is 10.1 Å². The van der Waals surface area contributed by atoms with Crippen LogP contribution in [-0.4, -0.2) is 30.9 Å². The number of aromatic nitrogens is 5. The van der Waals surface area contributed by atoms with E-state index < -0.39 is 0 Å². The third-order valence-corrected chi connectivity index (χ3v) is 6.79. The number of nitrogens with zero attached hydrogens (tertiary/aromatic N) is 5. The summed E-state index contributed by atoms with van der Waals surface area (Å²) in [4.78, 5) is 17.4. The van der Waals surface area contributed by atoms with Gasteiger partial charge in [-0.15, -0.1) is 10.2 Å². The van der Waals surface area contributed by atoms with Gasteiger partial charge in [-0.25, -0.2) is 4.68 Å². The van der Waals surface area contributed by atoms with Crippen molar-refractivity contribution in [3.63, 3.8) is 0 Å². The summed E-state index contributed by atoms with van der Waals surface area (Å²) >= 11 is 2.94. The monoisotopic (exact) mass is 470 g/mol. The number of pyridine rings is 1. The maximum Gasteiger partial charge on any atom is 0.261 e. The van der Waals surface area contributed by atoms with Crippen molar-refractivity contribution in [1.29, 1.82) is 0 Å². The summed E-state index contributed by atoms with van der Waals surface area (Å²) in [5.74, 6) is 0.491. The largest absolute Gasteiger partial charge is 0.296 e. The number of thioether (sulfide) groups is 1. The molecule has 0 saturated heterocycles. The van der Waals surface area contributed by atoms with Gasteiger partial charge in [0.05, 0.1) is 11.3 Å². The van der Waals surface area contributed by atoms with E-state index in [9.17, 15) is 4.79 Å². The van der Waals surface area contributed by atoms with E-state index in [1.165, 1.54) is 16.9 Å². The fourth-order valence-corrected chi connectivity index (χ4v) is 4.87. The molecule has 33 heavy (non-hydrogen) atoms. The molecule has 2 aromatic carbocycles. The number of para-hydroxylation sites is 1. The summed E-state index contributed by atoms with van der Waals surface area (Å²) in [6, 6.07) is 23.5. The van der Waals surface area contributed by atoms with Gasteiger partial charge in [-0.3, -0.25) is 15.1 Å². The van der Waals surface area contributed by atoms with Crippen molar-refractivity contribution in [2.75, 3.05) is 5.32 Å². The van der Waals surface area contributed by atoms with Crippen LogP contribution in [-0.2, 0) is 5.75 Å². The van der Waals surface area contributed by atoms with Crippen LogP contribution in [0.1, 0.15) is 15.9 Å². The van der Waals surface area contributed by atoms with Crippen LogP contribution in [0, 0.1) is 0 Å². The molecule has 0 aliphatic rings. The summed E-state index contributed by atoms with van der Waals surface area (Å²) in [7, 11) is 0. The van der Waals surface area contributed by atoms with E-state index in [-0.39, 0.29) is 5.91 Å². The van der Waals surface area contributed by atoms with Crippen molar-refractivity contribution in [3.05, 3.63) is 103 Å². The minimum absolute atomic E-state index is 0.299. The number of hydrogen-bond donors (Lipinski definition) is 1. The zero-order valence-electron chi connectivity index (χ0n) is 17.3. The Hall–Kier alpha value is -3.82. The van der Waals surface area contributed by atoms with E-state index in [2.05, 4.69) is 37.7 Å². The SMILES string of the molecule is O=C(Nc1nnc(SCc2ccccc2)s1)c1cn(-c2ccccc2)nc1-c1cccnc1. The Morgan fingerprint density at radius 3 is 2.52 bits per heavy atom. The van der Waals surface area contributed by atoms with Crippen LogP contribution >= 0.6 is 23.1 Å². The summed E-state index contributed by atoms with van der Waals surface area (Å²) in [6.07, 6.45) is 5.10. The first-order valence-electron chi connectivity index (χ1n) is 10.1. The average Bonchev–Trinajstić information content (AvgIpc) is 3.52. The number of carbonyl (C=O) groups excluding carboxylic acids is 1. The maximum atomic E-state index is 13.2. The Labute approximate surface area is 198 Å². The van der Waals surface area contributed by atoms with Crippen LogP contribution in [0.25, 0.3) is 16.9 Å². The third kappa shape index (κ3) is 5.00. The van der Waals surface area contributed by atoms with Crippen LogP contribution in [0.3, 0.4) is 0 Å². The van der Waals surface area contributed by atoms with Crippen LogP contribution in [0.5, 0.6) is 0 Å². The third-order valence-electron chi connectivity index (χ3n) is 4.75. The molecular formula is C24H18N6OS2. The number of nitrogens with one attached hydrogen (secondary N) is 1. The first-order chi connectivity index (χ1) is 16.3. The maximum absolute atomic E-state index is 13.2. The lowest BCUT2D eigenvalue weighted by Crippen LogP contribution is -2.12. The molecule has 0 unspecified atom stereocenters. The van der Waals surface area contributed by atoms with E-state index in [4.69, 9.17) is 0 Å². The molecule has 0 aliphatic heterocycles. The highest BCUT2D eigenvalue weighted by Crippen LogP contribution is 2.29. The van der Waals surface area contributed by atoms with E-state index in [0.717, 1.165) is 21.3 Å². The Balaban J connectivity index is 1.37. The lowest BCUT2D eigenvalue weighted by Gasteiger charge is -2.01. The lowest BCUT2D eigenvalue weighted by atomic mass is 10.1. The number of amides is 1. The normalized spacial score (nSPS) is 10.8. The van der Waals surface area contributed by atoms with Crippen molar-refractivity contribution < 1.29 is 4.79 Å². The molecule has 5 aromatic rings. The van der Waals surface area contributed by atoms with Gasteiger partial charge in [0.2, 0.25) is 5.13 Å². The fraction of sp³-hybridized carbons (Fsp3) is 0.0417. The van der Waals surface area contributed by atoms with Gasteiger partial charge in [-0.2, -0.15) is 5.10 Å². The number of rotatable bonds is 7. The van der Waals surface area contributed by atoms with Crippen molar-refractivity contribution in [3.8, 4) is 16.9 Å². The second-order valence-electron chi connectivity index (χ2n) is 7.01. The molecule has 162 valence electrons. The Kier molecular flexibility index (Phi) is 6.23. The van der Waals surface area contributed by atoms with E-state index >= 15 is 0 Å². The highest BCUT2D eigenvalue weighted by Gasteiger charge is 2.20. The molecule has 0 saturated carbocycles. The van der Waals surface area contributed by atoms with Gasteiger partial charge in [0, 0.05) is 29.9 Å². The topological polar surface area (TPSA) is 85.6 Å². The minimum Gasteiger partial charge on any atom is -0.296 e. The molecule has 3 heterocycles. The summed E-state index contributed by atoms with van der Waals surface area (Å²) in [6.45, 7) is 0. The Morgan fingerprint density at radius 2 is 1.76 bits per heavy atom. The Morgan fingerprint density at radius 1 is 0.970 bits per heavy atom. The average molecular weight is 471 g/mol. The molecule has 3 aromatic heterocycles. The van der Waals surface area contributed by atoms with Crippen LogP contribution in [0.4, 0.5) is 5.13 Å². The number of carbonyl (C=O) groups is 1. The first kappa shape index (κ1) is 21.0. The van der Waals surface area contributed by atoms with Gasteiger partial charge < -0.3 is 0 Å². The molecule has 7 nitrogen and oxygen atoms in total. The molecule has 0 fully saturated rings. The van der Waals surface area contributed by atoms with Crippen LogP contribution in [0.15, 0.2) is 95.7 Å². The van der Waals surface area contributed by atoms with Crippen molar-refractivity contribution in [1.82, 2.24) is 25.0 Å². The molecule has 9 heteroatoms. The van der Waals surface area contributed by atoms with Gasteiger partial charge in [0.1, 0.15) is 5.69 Å². The molecule has 1 amide bonds. The summed E-state index contributed by atoms with van der Waals surface area (Å²) < 4.78 is 2.49. The highest BCUT2D eigenvalue weighted by atomic mass is 32.2. The minimum atomic E-state index is -0.299. The van der Waals surface area contributed by atoms with Gasteiger partial charge in [-0.1, -0.05) is 71.6 Å². The number of benzene rings is 2. The molecular weight excluding hydrogens is 452 g/mol. The molecule has 0 aliphatic carbocycles. The molecule has 1 N–H and O–H groups in total. The van der Waals surface area contributed by atoms with E-state index in [1.807, 2.05) is 60.7 Å². The summed E-state index contributed by atoms with van der Waals surface area (Å²) in [5, 5.41) is 16.3. The zero-order chi connectivity index (χ0) is 22.5. The molecule has 0 spiro atoms. The predicted octanol–water partition coefficient (Wildman–Crippen LogP) is 5.33. The predicted molar refractivity (Wildman–Crippen MR) is 131 cm³/mol. The van der Waals surface area contributed by atoms with Gasteiger partial charge in [0.15, 0.2) is 4.34 Å².